The fourth-order valence-corrected chi connectivity index (χ4v) is 3.24. The standard InChI is InChI=1S/C8H16O4S/c1-7(9)6-13(10,11)8-3-2-4-12-5-8/h7-9H,2-6H2,1H3. The predicted octanol–water partition coefficient (Wildman–Crippen LogP) is -0.0390. The summed E-state index contributed by atoms with van der Waals surface area (Å²) in [6, 6.07) is 0. The number of ether oxygens (including phenoxy) is 1. The Kier molecular flexibility index (Phi) is 3.70. The Morgan fingerprint density at radius 1 is 1.62 bits per heavy atom. The average Bonchev–Trinajstić information content (AvgIpc) is 2.04. The molecule has 0 bridgehead atoms. The van der Waals surface area contributed by atoms with Crippen LogP contribution in [0.1, 0.15) is 19.8 Å². The van der Waals surface area contributed by atoms with Crippen molar-refractivity contribution in [3.05, 3.63) is 0 Å². The second-order valence-electron chi connectivity index (χ2n) is 3.52. The molecule has 0 aliphatic carbocycles. The molecule has 1 rings (SSSR count). The molecule has 2 unspecified atom stereocenters. The van der Waals surface area contributed by atoms with Gasteiger partial charge in [0.1, 0.15) is 0 Å². The van der Waals surface area contributed by atoms with Crippen LogP contribution in [0.25, 0.3) is 0 Å². The van der Waals surface area contributed by atoms with E-state index < -0.39 is 21.2 Å². The first-order valence-electron chi connectivity index (χ1n) is 4.50. The Morgan fingerprint density at radius 2 is 2.31 bits per heavy atom. The number of hydrogen-bond donors (Lipinski definition) is 1. The van der Waals surface area contributed by atoms with E-state index in [9.17, 15) is 8.42 Å². The molecule has 5 heteroatoms. The maximum absolute atomic E-state index is 11.6. The molecular formula is C8H16O4S. The zero-order valence-corrected chi connectivity index (χ0v) is 8.59. The van der Waals surface area contributed by atoms with E-state index in [0.717, 1.165) is 6.42 Å². The molecule has 2 atom stereocenters. The normalized spacial score (nSPS) is 27.1. The molecular weight excluding hydrogens is 192 g/mol. The third-order valence-electron chi connectivity index (χ3n) is 2.10. The van der Waals surface area contributed by atoms with Crippen LogP contribution in [0.2, 0.25) is 0 Å². The Morgan fingerprint density at radius 3 is 2.77 bits per heavy atom. The SMILES string of the molecule is CC(O)CS(=O)(=O)C1CCCOC1. The number of sulfone groups is 1. The van der Waals surface area contributed by atoms with Crippen LogP contribution in [-0.4, -0.2) is 43.8 Å². The Hall–Kier alpha value is -0.130. The molecule has 1 saturated heterocycles. The van der Waals surface area contributed by atoms with Crippen molar-refractivity contribution in [1.82, 2.24) is 0 Å². The zero-order valence-electron chi connectivity index (χ0n) is 7.77. The molecule has 0 aromatic carbocycles. The van der Waals surface area contributed by atoms with Gasteiger partial charge in [-0.2, -0.15) is 0 Å². The van der Waals surface area contributed by atoms with Crippen molar-refractivity contribution < 1.29 is 18.3 Å². The van der Waals surface area contributed by atoms with Crippen molar-refractivity contribution in [3.63, 3.8) is 0 Å². The molecule has 0 radical (unpaired) electrons. The second-order valence-corrected chi connectivity index (χ2v) is 5.84. The van der Waals surface area contributed by atoms with Crippen LogP contribution < -0.4 is 0 Å². The second kappa shape index (κ2) is 4.39. The molecule has 1 aliphatic rings. The van der Waals surface area contributed by atoms with E-state index in [1.807, 2.05) is 0 Å². The topological polar surface area (TPSA) is 63.6 Å². The minimum absolute atomic E-state index is 0.152. The minimum atomic E-state index is -3.16. The number of hydrogen-bond acceptors (Lipinski definition) is 4. The first kappa shape index (κ1) is 10.9. The average molecular weight is 208 g/mol. The molecule has 4 nitrogen and oxygen atoms in total. The summed E-state index contributed by atoms with van der Waals surface area (Å²) in [4.78, 5) is 0. The number of aliphatic hydroxyl groups is 1. The molecule has 0 spiro atoms. The summed E-state index contributed by atoms with van der Waals surface area (Å²) in [5.41, 5.74) is 0. The summed E-state index contributed by atoms with van der Waals surface area (Å²) in [7, 11) is -3.16. The molecule has 13 heavy (non-hydrogen) atoms. The van der Waals surface area contributed by atoms with Crippen LogP contribution in [-0.2, 0) is 14.6 Å². The lowest BCUT2D eigenvalue weighted by Gasteiger charge is -2.22. The summed E-state index contributed by atoms with van der Waals surface area (Å²) in [5, 5.41) is 8.59. The maximum atomic E-state index is 11.6. The summed E-state index contributed by atoms with van der Waals surface area (Å²) >= 11 is 0. The summed E-state index contributed by atoms with van der Waals surface area (Å²) in [6.45, 7) is 2.43. The van der Waals surface area contributed by atoms with Crippen molar-refractivity contribution >= 4 is 9.84 Å². The molecule has 0 amide bonds. The zero-order chi connectivity index (χ0) is 9.90. The monoisotopic (exact) mass is 208 g/mol. The Bertz CT molecular complexity index is 239. The molecule has 0 saturated carbocycles. The number of aliphatic hydroxyl groups excluding tert-OH is 1. The maximum Gasteiger partial charge on any atom is 0.157 e. The van der Waals surface area contributed by atoms with E-state index in [4.69, 9.17) is 9.84 Å². The molecule has 0 aromatic heterocycles. The smallest absolute Gasteiger partial charge is 0.157 e. The van der Waals surface area contributed by atoms with Gasteiger partial charge in [0.25, 0.3) is 0 Å². The van der Waals surface area contributed by atoms with E-state index in [1.54, 1.807) is 0 Å². The van der Waals surface area contributed by atoms with Crippen molar-refractivity contribution in [2.45, 2.75) is 31.1 Å². The summed E-state index contributed by atoms with van der Waals surface area (Å²) in [6.07, 6.45) is 0.672. The van der Waals surface area contributed by atoms with Crippen molar-refractivity contribution in [2.24, 2.45) is 0 Å². The lowest BCUT2D eigenvalue weighted by atomic mass is 10.2. The first-order chi connectivity index (χ1) is 6.02. The van der Waals surface area contributed by atoms with Crippen LogP contribution >= 0.6 is 0 Å². The van der Waals surface area contributed by atoms with E-state index >= 15 is 0 Å². The van der Waals surface area contributed by atoms with Crippen molar-refractivity contribution in [1.29, 1.82) is 0 Å². The molecule has 0 aromatic rings. The van der Waals surface area contributed by atoms with E-state index in [1.165, 1.54) is 6.92 Å². The van der Waals surface area contributed by atoms with Crippen LogP contribution in [0.15, 0.2) is 0 Å². The van der Waals surface area contributed by atoms with Gasteiger partial charge in [-0.3, -0.25) is 0 Å². The van der Waals surface area contributed by atoms with Crippen LogP contribution in [0, 0.1) is 0 Å². The van der Waals surface area contributed by atoms with Gasteiger partial charge in [0.2, 0.25) is 0 Å². The minimum Gasteiger partial charge on any atom is -0.392 e. The van der Waals surface area contributed by atoms with E-state index in [-0.39, 0.29) is 12.4 Å². The summed E-state index contributed by atoms with van der Waals surface area (Å²) in [5.74, 6) is -0.152. The third-order valence-corrected chi connectivity index (χ3v) is 4.43. The van der Waals surface area contributed by atoms with Gasteiger partial charge in [-0.15, -0.1) is 0 Å². The molecule has 1 N–H and O–H groups in total. The van der Waals surface area contributed by atoms with Crippen molar-refractivity contribution in [3.8, 4) is 0 Å². The van der Waals surface area contributed by atoms with Gasteiger partial charge >= 0.3 is 0 Å². The van der Waals surface area contributed by atoms with Gasteiger partial charge < -0.3 is 9.84 Å². The highest BCUT2D eigenvalue weighted by Crippen LogP contribution is 2.15. The highest BCUT2D eigenvalue weighted by molar-refractivity contribution is 7.92. The molecule has 1 fully saturated rings. The van der Waals surface area contributed by atoms with Gasteiger partial charge in [0.15, 0.2) is 9.84 Å². The molecule has 1 aliphatic heterocycles. The highest BCUT2D eigenvalue weighted by Gasteiger charge is 2.28. The van der Waals surface area contributed by atoms with Gasteiger partial charge in [-0.25, -0.2) is 8.42 Å². The predicted molar refractivity (Wildman–Crippen MR) is 49.3 cm³/mol. The van der Waals surface area contributed by atoms with Gasteiger partial charge in [-0.1, -0.05) is 0 Å². The number of rotatable bonds is 3. The van der Waals surface area contributed by atoms with Gasteiger partial charge in [0, 0.05) is 6.61 Å². The van der Waals surface area contributed by atoms with Gasteiger partial charge in [-0.05, 0) is 19.8 Å². The lowest BCUT2D eigenvalue weighted by Crippen LogP contribution is -2.35. The van der Waals surface area contributed by atoms with Gasteiger partial charge in [0.05, 0.1) is 23.7 Å². The highest BCUT2D eigenvalue weighted by atomic mass is 32.2. The van der Waals surface area contributed by atoms with E-state index in [0.29, 0.717) is 13.0 Å². The molecule has 78 valence electrons. The fraction of sp³-hybridized carbons (Fsp3) is 1.00. The van der Waals surface area contributed by atoms with Crippen molar-refractivity contribution in [2.75, 3.05) is 19.0 Å². The quantitative estimate of drug-likeness (QED) is 0.707. The largest absolute Gasteiger partial charge is 0.392 e. The lowest BCUT2D eigenvalue weighted by molar-refractivity contribution is 0.0987. The van der Waals surface area contributed by atoms with Crippen LogP contribution in [0.4, 0.5) is 0 Å². The Labute approximate surface area is 78.8 Å². The van der Waals surface area contributed by atoms with E-state index in [2.05, 4.69) is 0 Å². The Balaban J connectivity index is 2.57. The van der Waals surface area contributed by atoms with Crippen LogP contribution in [0.3, 0.4) is 0 Å². The first-order valence-corrected chi connectivity index (χ1v) is 6.21. The van der Waals surface area contributed by atoms with Crippen LogP contribution in [0.5, 0.6) is 0 Å². The fourth-order valence-electron chi connectivity index (χ4n) is 1.47. The molecule has 1 heterocycles. The third kappa shape index (κ3) is 3.25. The summed E-state index contributed by atoms with van der Waals surface area (Å²) < 4.78 is 28.2.